The van der Waals surface area contributed by atoms with Crippen LogP contribution in [-0.4, -0.2) is 24.2 Å². The smallest absolute Gasteiger partial charge is 0.416 e. The first-order chi connectivity index (χ1) is 19.4. The van der Waals surface area contributed by atoms with Gasteiger partial charge in [-0.05, 0) is 74.4 Å². The van der Waals surface area contributed by atoms with Crippen LogP contribution in [-0.2, 0) is 15.7 Å². The zero-order valence-corrected chi connectivity index (χ0v) is 23.6. The summed E-state index contributed by atoms with van der Waals surface area (Å²) >= 11 is 2.38. The molecule has 1 aromatic heterocycles. The predicted molar refractivity (Wildman–Crippen MR) is 145 cm³/mol. The third-order valence-corrected chi connectivity index (χ3v) is 8.58. The van der Waals surface area contributed by atoms with Gasteiger partial charge in [0.25, 0.3) is 0 Å². The number of halogens is 6. The summed E-state index contributed by atoms with van der Waals surface area (Å²) in [5.41, 5.74) is 0.957. The number of carbonyl (C=O) groups excluding carboxylic acids is 1. The second-order valence-electron chi connectivity index (χ2n) is 8.86. The molecular weight excluding hydrogens is 588 g/mol. The molecule has 0 saturated carbocycles. The number of hydrogen-bond acceptors (Lipinski definition) is 6. The van der Waals surface area contributed by atoms with Crippen molar-refractivity contribution in [2.75, 3.05) is 13.2 Å². The van der Waals surface area contributed by atoms with Crippen LogP contribution in [0.5, 0.6) is 5.75 Å². The molecule has 4 rings (SSSR count). The second-order valence-corrected chi connectivity index (χ2v) is 11.1. The summed E-state index contributed by atoms with van der Waals surface area (Å²) in [4.78, 5) is 17.4. The number of nitrogens with zero attached hydrogens (tertiary/aromatic N) is 1. The van der Waals surface area contributed by atoms with Crippen LogP contribution in [0.15, 0.2) is 59.5 Å². The molecule has 0 aliphatic heterocycles. The Morgan fingerprint density at radius 3 is 2.24 bits per heavy atom. The summed E-state index contributed by atoms with van der Waals surface area (Å²) in [5, 5.41) is -0.329. The lowest BCUT2D eigenvalue weighted by Gasteiger charge is -2.18. The first kappa shape index (κ1) is 30.4. The summed E-state index contributed by atoms with van der Waals surface area (Å²) < 4.78 is 91.8. The average molecular weight is 612 g/mol. The Labute approximate surface area is 240 Å². The highest BCUT2D eigenvalue weighted by Gasteiger charge is 2.30. The van der Waals surface area contributed by atoms with Gasteiger partial charge in [-0.2, -0.15) is 13.2 Å². The van der Waals surface area contributed by atoms with Gasteiger partial charge in [0.1, 0.15) is 10.8 Å². The van der Waals surface area contributed by atoms with Crippen LogP contribution in [0.1, 0.15) is 39.4 Å². The largest absolute Gasteiger partial charge is 0.482 e. The average Bonchev–Trinajstić information content (AvgIpc) is 3.30. The third-order valence-electron chi connectivity index (χ3n) is 5.89. The molecule has 0 spiro atoms. The van der Waals surface area contributed by atoms with Crippen molar-refractivity contribution >= 4 is 29.1 Å². The lowest BCUT2D eigenvalue weighted by Crippen LogP contribution is -2.14. The number of benzene rings is 3. The quantitative estimate of drug-likeness (QED) is 0.0821. The van der Waals surface area contributed by atoms with E-state index in [4.69, 9.17) is 9.47 Å². The van der Waals surface area contributed by atoms with Gasteiger partial charge in [0, 0.05) is 15.3 Å². The van der Waals surface area contributed by atoms with E-state index in [9.17, 15) is 31.1 Å². The topological polar surface area (TPSA) is 48.4 Å². The van der Waals surface area contributed by atoms with Crippen LogP contribution >= 0.6 is 23.1 Å². The number of thioether (sulfide) groups is 1. The van der Waals surface area contributed by atoms with Crippen LogP contribution in [0.2, 0.25) is 0 Å². The molecule has 1 atom stereocenters. The molecule has 0 aliphatic rings. The van der Waals surface area contributed by atoms with Gasteiger partial charge in [0.2, 0.25) is 0 Å². The summed E-state index contributed by atoms with van der Waals surface area (Å²) in [6, 6.07) is 11.5. The highest BCUT2D eigenvalue weighted by Crippen LogP contribution is 2.46. The zero-order valence-electron chi connectivity index (χ0n) is 21.9. The van der Waals surface area contributed by atoms with Gasteiger partial charge in [-0.25, -0.2) is 22.9 Å². The van der Waals surface area contributed by atoms with E-state index in [1.165, 1.54) is 23.9 Å². The molecule has 12 heteroatoms. The molecule has 0 fully saturated rings. The van der Waals surface area contributed by atoms with E-state index < -0.39 is 40.4 Å². The first-order valence-corrected chi connectivity index (χ1v) is 13.9. The summed E-state index contributed by atoms with van der Waals surface area (Å²) in [5.74, 6) is -4.38. The number of rotatable bonds is 9. The summed E-state index contributed by atoms with van der Waals surface area (Å²) in [7, 11) is 0. The Morgan fingerprint density at radius 1 is 1.00 bits per heavy atom. The minimum absolute atomic E-state index is 0.136. The molecule has 0 amide bonds. The molecule has 1 unspecified atom stereocenters. The van der Waals surface area contributed by atoms with E-state index >= 15 is 0 Å². The highest BCUT2D eigenvalue weighted by atomic mass is 32.2. The molecule has 4 aromatic rings. The molecule has 0 N–H and O–H groups in total. The number of hydrogen-bond donors (Lipinski definition) is 0. The standard InChI is InChI=1S/C29H23F6NO3S2/c1-4-38-24(37)14-39-23-10-9-20(11-15(23)2)40-27(18-12-21(30)25(32)22(31)13-18)26-16(3)36-28(41-26)17-5-7-19(8-6-17)29(33,34)35/h5-13,27H,4,14H2,1-3H3. The Bertz CT molecular complexity index is 1530. The van der Waals surface area contributed by atoms with E-state index in [2.05, 4.69) is 4.98 Å². The van der Waals surface area contributed by atoms with Crippen LogP contribution in [0, 0.1) is 31.3 Å². The third kappa shape index (κ3) is 7.23. The molecule has 3 aromatic carbocycles. The summed E-state index contributed by atoms with van der Waals surface area (Å²) in [6.07, 6.45) is -4.49. The van der Waals surface area contributed by atoms with E-state index in [-0.39, 0.29) is 18.8 Å². The molecule has 1 heterocycles. The Morgan fingerprint density at radius 2 is 1.66 bits per heavy atom. The van der Waals surface area contributed by atoms with Crippen molar-refractivity contribution in [3.63, 3.8) is 0 Å². The molecule has 216 valence electrons. The van der Waals surface area contributed by atoms with Crippen molar-refractivity contribution in [1.82, 2.24) is 4.98 Å². The maximum absolute atomic E-state index is 14.3. The van der Waals surface area contributed by atoms with Gasteiger partial charge in [0.05, 0.1) is 23.1 Å². The number of carbonyl (C=O) groups is 1. The van der Waals surface area contributed by atoms with Crippen molar-refractivity contribution in [3.05, 3.63) is 99.3 Å². The fraction of sp³-hybridized carbons (Fsp3) is 0.241. The minimum atomic E-state index is -4.49. The van der Waals surface area contributed by atoms with Crippen LogP contribution < -0.4 is 4.74 Å². The Hall–Kier alpha value is -3.51. The fourth-order valence-corrected chi connectivity index (χ4v) is 6.49. The van der Waals surface area contributed by atoms with Crippen molar-refractivity contribution in [1.29, 1.82) is 0 Å². The van der Waals surface area contributed by atoms with Crippen LogP contribution in [0.4, 0.5) is 26.3 Å². The van der Waals surface area contributed by atoms with Gasteiger partial charge >= 0.3 is 12.1 Å². The number of alkyl halides is 3. The van der Waals surface area contributed by atoms with E-state index in [0.29, 0.717) is 37.4 Å². The molecule has 0 bridgehead atoms. The molecule has 41 heavy (non-hydrogen) atoms. The maximum atomic E-state index is 14.3. The van der Waals surface area contributed by atoms with Gasteiger partial charge in [-0.15, -0.1) is 23.1 Å². The number of aromatic nitrogens is 1. The SMILES string of the molecule is CCOC(=O)COc1ccc(SC(c2cc(F)c(F)c(F)c2)c2sc(-c3ccc(C(F)(F)F)cc3)nc2C)cc1C. The molecule has 0 saturated heterocycles. The predicted octanol–water partition coefficient (Wildman–Crippen LogP) is 8.69. The zero-order chi connectivity index (χ0) is 29.9. The normalized spacial score (nSPS) is 12.3. The lowest BCUT2D eigenvalue weighted by atomic mass is 10.1. The maximum Gasteiger partial charge on any atom is 0.416 e. The Kier molecular flexibility index (Phi) is 9.33. The fourth-order valence-electron chi connectivity index (χ4n) is 3.91. The van der Waals surface area contributed by atoms with E-state index in [0.717, 1.165) is 35.6 Å². The highest BCUT2D eigenvalue weighted by molar-refractivity contribution is 7.99. The van der Waals surface area contributed by atoms with Gasteiger partial charge in [0.15, 0.2) is 24.1 Å². The molecular formula is C29H23F6NO3S2. The van der Waals surface area contributed by atoms with Gasteiger partial charge < -0.3 is 9.47 Å². The van der Waals surface area contributed by atoms with Crippen molar-refractivity contribution in [3.8, 4) is 16.3 Å². The molecule has 0 aliphatic carbocycles. The minimum Gasteiger partial charge on any atom is -0.482 e. The first-order valence-electron chi connectivity index (χ1n) is 12.2. The van der Waals surface area contributed by atoms with Crippen molar-refractivity contribution < 1.29 is 40.6 Å². The van der Waals surface area contributed by atoms with Crippen LogP contribution in [0.25, 0.3) is 10.6 Å². The van der Waals surface area contributed by atoms with Crippen molar-refractivity contribution in [2.24, 2.45) is 0 Å². The van der Waals surface area contributed by atoms with E-state index in [1.54, 1.807) is 39.0 Å². The van der Waals surface area contributed by atoms with Crippen LogP contribution in [0.3, 0.4) is 0 Å². The monoisotopic (exact) mass is 611 g/mol. The van der Waals surface area contributed by atoms with Gasteiger partial charge in [-0.1, -0.05) is 12.1 Å². The number of aryl methyl sites for hydroxylation is 2. The molecule has 4 nitrogen and oxygen atoms in total. The second kappa shape index (κ2) is 12.6. The number of thiazole rings is 1. The van der Waals surface area contributed by atoms with E-state index in [1.807, 2.05) is 0 Å². The number of esters is 1. The van der Waals surface area contributed by atoms with Gasteiger partial charge in [-0.3, -0.25) is 0 Å². The number of ether oxygens (including phenoxy) is 2. The van der Waals surface area contributed by atoms with Crippen molar-refractivity contribution in [2.45, 2.75) is 37.1 Å². The molecule has 0 radical (unpaired) electrons. The summed E-state index contributed by atoms with van der Waals surface area (Å²) in [6.45, 7) is 5.07. The lowest BCUT2D eigenvalue weighted by molar-refractivity contribution is -0.145. The Balaban J connectivity index is 1.69.